The van der Waals surface area contributed by atoms with Crippen molar-refractivity contribution >= 4 is 45.0 Å². The Balaban J connectivity index is 1.68. The van der Waals surface area contributed by atoms with Gasteiger partial charge in [0.05, 0.1) is 16.7 Å². The topological polar surface area (TPSA) is 138 Å². The van der Waals surface area contributed by atoms with Crippen molar-refractivity contribution in [1.82, 2.24) is 10.2 Å². The number of aromatic nitrogens is 2. The SMILES string of the molecule is O=C(O)C1CCCCC1C(=O)Nc1ccc(S(=O)(=O)Nc2ccc(Cl)nn2)cc1. The van der Waals surface area contributed by atoms with Crippen molar-refractivity contribution in [2.24, 2.45) is 11.8 Å². The Morgan fingerprint density at radius 2 is 1.66 bits per heavy atom. The Morgan fingerprint density at radius 1 is 1.00 bits per heavy atom. The number of carbonyl (C=O) groups is 2. The van der Waals surface area contributed by atoms with Crippen LogP contribution in [0.4, 0.5) is 11.5 Å². The number of carboxylic acids is 1. The van der Waals surface area contributed by atoms with E-state index in [4.69, 9.17) is 11.6 Å². The minimum atomic E-state index is -3.90. The zero-order chi connectivity index (χ0) is 21.0. The van der Waals surface area contributed by atoms with Crippen LogP contribution < -0.4 is 10.0 Å². The van der Waals surface area contributed by atoms with Gasteiger partial charge in [-0.15, -0.1) is 10.2 Å². The fraction of sp³-hybridized carbons (Fsp3) is 0.333. The second-order valence-electron chi connectivity index (χ2n) is 6.70. The molecule has 0 saturated heterocycles. The van der Waals surface area contributed by atoms with Gasteiger partial charge in [-0.25, -0.2) is 8.42 Å². The predicted molar refractivity (Wildman–Crippen MR) is 106 cm³/mol. The third kappa shape index (κ3) is 5.21. The molecule has 1 aromatic heterocycles. The van der Waals surface area contributed by atoms with E-state index >= 15 is 0 Å². The molecule has 9 nitrogen and oxygen atoms in total. The van der Waals surface area contributed by atoms with E-state index in [0.717, 1.165) is 12.8 Å². The minimum Gasteiger partial charge on any atom is -0.481 e. The number of benzene rings is 1. The zero-order valence-electron chi connectivity index (χ0n) is 15.2. The number of carbonyl (C=O) groups excluding carboxylic acids is 1. The maximum Gasteiger partial charge on any atom is 0.307 e. The summed E-state index contributed by atoms with van der Waals surface area (Å²) in [7, 11) is -3.90. The van der Waals surface area contributed by atoms with Crippen molar-refractivity contribution in [3.8, 4) is 0 Å². The number of halogens is 1. The molecule has 0 bridgehead atoms. The third-order valence-electron chi connectivity index (χ3n) is 4.72. The summed E-state index contributed by atoms with van der Waals surface area (Å²) in [6, 6.07) is 8.33. The number of rotatable bonds is 6. The van der Waals surface area contributed by atoms with Crippen LogP contribution in [0.3, 0.4) is 0 Å². The first-order valence-electron chi connectivity index (χ1n) is 8.92. The highest BCUT2D eigenvalue weighted by Crippen LogP contribution is 2.31. The van der Waals surface area contributed by atoms with Crippen LogP contribution in [0.2, 0.25) is 5.15 Å². The quantitative estimate of drug-likeness (QED) is 0.630. The maximum atomic E-state index is 12.5. The first kappa shape index (κ1) is 21.0. The molecular formula is C18H19ClN4O5S. The first-order valence-corrected chi connectivity index (χ1v) is 10.8. The second-order valence-corrected chi connectivity index (χ2v) is 8.77. The standard InChI is InChI=1S/C18H19ClN4O5S/c19-15-9-10-16(22-21-15)23-29(27,28)12-7-5-11(6-8-12)20-17(24)13-3-1-2-4-14(13)18(25)26/h5-10,13-14H,1-4H2,(H,20,24)(H,22,23)(H,25,26). The van der Waals surface area contributed by atoms with Crippen molar-refractivity contribution in [3.05, 3.63) is 41.6 Å². The number of hydrogen-bond donors (Lipinski definition) is 3. The van der Waals surface area contributed by atoms with Crippen LogP contribution >= 0.6 is 11.6 Å². The van der Waals surface area contributed by atoms with Gasteiger partial charge in [-0.1, -0.05) is 24.4 Å². The van der Waals surface area contributed by atoms with Gasteiger partial charge in [0.25, 0.3) is 10.0 Å². The van der Waals surface area contributed by atoms with E-state index in [2.05, 4.69) is 20.2 Å². The molecule has 1 aliphatic carbocycles. The lowest BCUT2D eigenvalue weighted by atomic mass is 9.78. The van der Waals surface area contributed by atoms with Gasteiger partial charge in [0.2, 0.25) is 5.91 Å². The summed E-state index contributed by atoms with van der Waals surface area (Å²) < 4.78 is 27.1. The molecule has 3 rings (SSSR count). The third-order valence-corrected chi connectivity index (χ3v) is 6.30. The molecule has 3 N–H and O–H groups in total. The van der Waals surface area contributed by atoms with E-state index in [-0.39, 0.29) is 21.8 Å². The summed E-state index contributed by atoms with van der Waals surface area (Å²) in [6.45, 7) is 0. The van der Waals surface area contributed by atoms with Crippen LogP contribution in [0.25, 0.3) is 0 Å². The molecule has 11 heteroatoms. The van der Waals surface area contributed by atoms with Gasteiger partial charge in [-0.05, 0) is 49.2 Å². The highest BCUT2D eigenvalue weighted by molar-refractivity contribution is 7.92. The molecule has 1 aromatic carbocycles. The molecule has 1 fully saturated rings. The van der Waals surface area contributed by atoms with Gasteiger partial charge in [0.1, 0.15) is 0 Å². The summed E-state index contributed by atoms with van der Waals surface area (Å²) in [5, 5.41) is 19.3. The van der Waals surface area contributed by atoms with Crippen molar-refractivity contribution in [3.63, 3.8) is 0 Å². The molecule has 2 aromatic rings. The number of carboxylic acid groups (broad SMARTS) is 1. The van der Waals surface area contributed by atoms with Crippen molar-refractivity contribution < 1.29 is 23.1 Å². The van der Waals surface area contributed by atoms with Crippen molar-refractivity contribution in [2.45, 2.75) is 30.6 Å². The van der Waals surface area contributed by atoms with Crippen LogP contribution in [0.15, 0.2) is 41.3 Å². The molecule has 0 aliphatic heterocycles. The lowest BCUT2D eigenvalue weighted by Gasteiger charge is -2.27. The van der Waals surface area contributed by atoms with E-state index in [0.29, 0.717) is 18.5 Å². The van der Waals surface area contributed by atoms with Crippen molar-refractivity contribution in [2.75, 3.05) is 10.0 Å². The van der Waals surface area contributed by atoms with Gasteiger partial charge in [0.15, 0.2) is 11.0 Å². The fourth-order valence-corrected chi connectivity index (χ4v) is 4.36. The van der Waals surface area contributed by atoms with E-state index in [1.165, 1.54) is 36.4 Å². The molecule has 1 amide bonds. The lowest BCUT2D eigenvalue weighted by Crippen LogP contribution is -2.36. The number of anilines is 2. The molecule has 2 atom stereocenters. The monoisotopic (exact) mass is 438 g/mol. The Kier molecular flexibility index (Phi) is 6.33. The van der Waals surface area contributed by atoms with Crippen LogP contribution in [0.5, 0.6) is 0 Å². The smallest absolute Gasteiger partial charge is 0.307 e. The van der Waals surface area contributed by atoms with Crippen LogP contribution in [-0.4, -0.2) is 35.6 Å². The van der Waals surface area contributed by atoms with E-state index in [1.54, 1.807) is 0 Å². The summed E-state index contributed by atoms with van der Waals surface area (Å²) in [6.07, 6.45) is 2.59. The van der Waals surface area contributed by atoms with Crippen LogP contribution in [0.1, 0.15) is 25.7 Å². The maximum absolute atomic E-state index is 12.5. The number of sulfonamides is 1. The molecule has 0 spiro atoms. The lowest BCUT2D eigenvalue weighted by molar-refractivity contribution is -0.147. The van der Waals surface area contributed by atoms with Gasteiger partial charge in [0, 0.05) is 5.69 Å². The summed E-state index contributed by atoms with van der Waals surface area (Å²) >= 11 is 5.62. The van der Waals surface area contributed by atoms with E-state index in [9.17, 15) is 23.1 Å². The molecule has 1 heterocycles. The van der Waals surface area contributed by atoms with Gasteiger partial charge < -0.3 is 10.4 Å². The Morgan fingerprint density at radius 3 is 2.24 bits per heavy atom. The fourth-order valence-electron chi connectivity index (χ4n) is 3.26. The number of nitrogens with zero attached hydrogens (tertiary/aromatic N) is 2. The highest BCUT2D eigenvalue weighted by atomic mass is 35.5. The van der Waals surface area contributed by atoms with Crippen LogP contribution in [-0.2, 0) is 19.6 Å². The summed E-state index contributed by atoms with van der Waals surface area (Å²) in [5.74, 6) is -2.63. The average molecular weight is 439 g/mol. The summed E-state index contributed by atoms with van der Waals surface area (Å²) in [5.41, 5.74) is 0.384. The molecular weight excluding hydrogens is 420 g/mol. The average Bonchev–Trinajstić information content (AvgIpc) is 2.70. The molecule has 0 radical (unpaired) electrons. The minimum absolute atomic E-state index is 0.0174. The second kappa shape index (κ2) is 8.75. The molecule has 154 valence electrons. The van der Waals surface area contributed by atoms with Gasteiger partial charge in [-0.2, -0.15) is 0 Å². The molecule has 1 saturated carbocycles. The number of amides is 1. The highest BCUT2D eigenvalue weighted by Gasteiger charge is 2.35. The largest absolute Gasteiger partial charge is 0.481 e. The first-order chi connectivity index (χ1) is 13.8. The van der Waals surface area contributed by atoms with E-state index < -0.39 is 27.8 Å². The Bertz CT molecular complexity index is 996. The number of aliphatic carboxylic acids is 1. The number of nitrogens with one attached hydrogen (secondary N) is 2. The van der Waals surface area contributed by atoms with Crippen LogP contribution in [0, 0.1) is 11.8 Å². The summed E-state index contributed by atoms with van der Waals surface area (Å²) in [4.78, 5) is 23.8. The van der Waals surface area contributed by atoms with Gasteiger partial charge >= 0.3 is 5.97 Å². The Hall–Kier alpha value is -2.72. The molecule has 2 unspecified atom stereocenters. The Labute approximate surface area is 172 Å². The molecule has 29 heavy (non-hydrogen) atoms. The predicted octanol–water partition coefficient (Wildman–Crippen LogP) is 2.76. The van der Waals surface area contributed by atoms with Gasteiger partial charge in [-0.3, -0.25) is 14.3 Å². The van der Waals surface area contributed by atoms with Crippen molar-refractivity contribution in [1.29, 1.82) is 0 Å². The molecule has 1 aliphatic rings. The zero-order valence-corrected chi connectivity index (χ0v) is 16.8. The normalized spacial score (nSPS) is 19.3. The number of hydrogen-bond acceptors (Lipinski definition) is 6. The van der Waals surface area contributed by atoms with E-state index in [1.807, 2.05) is 0 Å².